The molecule has 1 aromatic heterocycles. The topological polar surface area (TPSA) is 71.8 Å². The minimum atomic E-state index is -0.412. The second-order valence-electron chi connectivity index (χ2n) is 8.12. The molecule has 1 amide bonds. The van der Waals surface area contributed by atoms with Gasteiger partial charge in [-0.15, -0.1) is 0 Å². The molecule has 0 spiro atoms. The molecular formula is C22H28N2O4. The predicted molar refractivity (Wildman–Crippen MR) is 110 cm³/mol. The van der Waals surface area contributed by atoms with Gasteiger partial charge in [-0.1, -0.05) is 32.4 Å². The van der Waals surface area contributed by atoms with E-state index in [9.17, 15) is 9.59 Å². The van der Waals surface area contributed by atoms with Crippen LogP contribution in [0.5, 0.6) is 5.75 Å². The molecule has 0 aliphatic carbocycles. The summed E-state index contributed by atoms with van der Waals surface area (Å²) in [5, 5.41) is 3.70. The van der Waals surface area contributed by atoms with Crippen LogP contribution in [0.3, 0.4) is 0 Å². The normalized spacial score (nSPS) is 15.3. The number of fused-ring (bicyclic) bond motifs is 1. The summed E-state index contributed by atoms with van der Waals surface area (Å²) in [6.07, 6.45) is 3.39. The van der Waals surface area contributed by atoms with Gasteiger partial charge in [0.25, 0.3) is 5.91 Å². The van der Waals surface area contributed by atoms with Gasteiger partial charge >= 0.3 is 5.63 Å². The maximum atomic E-state index is 12.0. The monoisotopic (exact) mass is 384 g/mol. The predicted octanol–water partition coefficient (Wildman–Crippen LogP) is 2.97. The molecule has 1 aliphatic heterocycles. The van der Waals surface area contributed by atoms with Gasteiger partial charge < -0.3 is 14.5 Å². The Labute approximate surface area is 165 Å². The molecule has 3 rings (SSSR count). The number of benzene rings is 1. The van der Waals surface area contributed by atoms with Crippen molar-refractivity contribution in [3.05, 3.63) is 52.4 Å². The van der Waals surface area contributed by atoms with Gasteiger partial charge in [0.1, 0.15) is 11.3 Å². The van der Waals surface area contributed by atoms with Crippen molar-refractivity contribution in [1.29, 1.82) is 0 Å². The van der Waals surface area contributed by atoms with E-state index in [-0.39, 0.29) is 17.9 Å². The number of carbonyl (C=O) groups is 1. The molecule has 2 aromatic rings. The molecule has 28 heavy (non-hydrogen) atoms. The van der Waals surface area contributed by atoms with Crippen LogP contribution in [0, 0.1) is 5.41 Å². The summed E-state index contributed by atoms with van der Waals surface area (Å²) in [7, 11) is 0. The standard InChI is InChI=1S/C22H28N2O4/c1-22(2,3)17-8-11-24(12-9-17)13-10-23-20(25)15-27-18-6-4-16-5-7-21(26)28-19(16)14-18/h4-8,14H,9-13,15H2,1-3H3,(H,23,25). The molecule has 0 radical (unpaired) electrons. The third-order valence-electron chi connectivity index (χ3n) is 4.97. The lowest BCUT2D eigenvalue weighted by atomic mass is 9.83. The number of amides is 1. The lowest BCUT2D eigenvalue weighted by Gasteiger charge is -2.32. The number of hydrogen-bond donors (Lipinski definition) is 1. The van der Waals surface area contributed by atoms with Crippen LogP contribution in [-0.2, 0) is 4.79 Å². The quantitative estimate of drug-likeness (QED) is 0.612. The van der Waals surface area contributed by atoms with E-state index in [1.165, 1.54) is 11.6 Å². The molecule has 6 heteroatoms. The molecule has 0 fully saturated rings. The Kier molecular flexibility index (Phi) is 6.19. The first-order chi connectivity index (χ1) is 13.3. The van der Waals surface area contributed by atoms with Crippen LogP contribution in [0.2, 0.25) is 0 Å². The largest absolute Gasteiger partial charge is 0.484 e. The highest BCUT2D eigenvalue weighted by Gasteiger charge is 2.21. The molecule has 1 aromatic carbocycles. The van der Waals surface area contributed by atoms with Gasteiger partial charge in [-0.3, -0.25) is 9.69 Å². The highest BCUT2D eigenvalue weighted by molar-refractivity contribution is 5.79. The Morgan fingerprint density at radius 1 is 1.25 bits per heavy atom. The number of hydrogen-bond acceptors (Lipinski definition) is 5. The van der Waals surface area contributed by atoms with E-state index in [1.807, 2.05) is 0 Å². The molecule has 150 valence electrons. The Morgan fingerprint density at radius 3 is 2.75 bits per heavy atom. The van der Waals surface area contributed by atoms with E-state index in [2.05, 4.69) is 37.1 Å². The zero-order valence-electron chi connectivity index (χ0n) is 16.8. The summed E-state index contributed by atoms with van der Waals surface area (Å²) in [5.41, 5.74) is 1.78. The minimum Gasteiger partial charge on any atom is -0.484 e. The Bertz CT molecular complexity index is 924. The summed E-state index contributed by atoms with van der Waals surface area (Å²) in [6.45, 7) is 10.0. The number of ether oxygens (including phenoxy) is 1. The Hall–Kier alpha value is -2.60. The maximum absolute atomic E-state index is 12.0. The summed E-state index contributed by atoms with van der Waals surface area (Å²) < 4.78 is 10.6. The molecule has 0 saturated carbocycles. The number of rotatable bonds is 6. The molecule has 1 N–H and O–H groups in total. The Morgan fingerprint density at radius 2 is 2.04 bits per heavy atom. The van der Waals surface area contributed by atoms with E-state index < -0.39 is 5.63 Å². The van der Waals surface area contributed by atoms with Crippen LogP contribution in [0.15, 0.2) is 51.2 Å². The number of carbonyl (C=O) groups excluding carboxylic acids is 1. The minimum absolute atomic E-state index is 0.0728. The van der Waals surface area contributed by atoms with Crippen LogP contribution in [0.4, 0.5) is 0 Å². The Balaban J connectivity index is 1.41. The number of nitrogens with zero attached hydrogens (tertiary/aromatic N) is 1. The molecule has 0 unspecified atom stereocenters. The molecule has 6 nitrogen and oxygen atoms in total. The zero-order valence-corrected chi connectivity index (χ0v) is 16.8. The lowest BCUT2D eigenvalue weighted by molar-refractivity contribution is -0.123. The van der Waals surface area contributed by atoms with Crippen LogP contribution < -0.4 is 15.7 Å². The molecule has 0 bridgehead atoms. The smallest absolute Gasteiger partial charge is 0.336 e. The summed E-state index contributed by atoms with van der Waals surface area (Å²) in [5.74, 6) is 0.324. The van der Waals surface area contributed by atoms with Crippen molar-refractivity contribution in [2.24, 2.45) is 5.41 Å². The highest BCUT2D eigenvalue weighted by atomic mass is 16.5. The lowest BCUT2D eigenvalue weighted by Crippen LogP contribution is -2.39. The SMILES string of the molecule is CC(C)(C)C1=CCN(CCNC(=O)COc2ccc3ccc(=O)oc3c2)CC1. The van der Waals surface area contributed by atoms with Crippen molar-refractivity contribution in [2.45, 2.75) is 27.2 Å². The second-order valence-corrected chi connectivity index (χ2v) is 8.12. The zero-order chi connectivity index (χ0) is 20.1. The molecule has 2 heterocycles. The van der Waals surface area contributed by atoms with Crippen LogP contribution in [-0.4, -0.2) is 43.6 Å². The van der Waals surface area contributed by atoms with Crippen molar-refractivity contribution in [3.63, 3.8) is 0 Å². The first kappa shape index (κ1) is 20.1. The van der Waals surface area contributed by atoms with Crippen LogP contribution in [0.1, 0.15) is 27.2 Å². The maximum Gasteiger partial charge on any atom is 0.336 e. The van der Waals surface area contributed by atoms with E-state index >= 15 is 0 Å². The van der Waals surface area contributed by atoms with Gasteiger partial charge in [0.2, 0.25) is 0 Å². The fourth-order valence-electron chi connectivity index (χ4n) is 3.28. The van der Waals surface area contributed by atoms with Gasteiger partial charge in [0, 0.05) is 43.7 Å². The van der Waals surface area contributed by atoms with Gasteiger partial charge in [-0.05, 0) is 30.0 Å². The van der Waals surface area contributed by atoms with E-state index in [1.54, 1.807) is 24.3 Å². The van der Waals surface area contributed by atoms with Gasteiger partial charge in [-0.25, -0.2) is 4.79 Å². The van der Waals surface area contributed by atoms with Crippen LogP contribution in [0.25, 0.3) is 11.0 Å². The van der Waals surface area contributed by atoms with E-state index in [4.69, 9.17) is 9.15 Å². The van der Waals surface area contributed by atoms with Crippen molar-refractivity contribution in [1.82, 2.24) is 10.2 Å². The van der Waals surface area contributed by atoms with E-state index in [0.717, 1.165) is 31.4 Å². The fourth-order valence-corrected chi connectivity index (χ4v) is 3.28. The van der Waals surface area contributed by atoms with Crippen LogP contribution >= 0.6 is 0 Å². The van der Waals surface area contributed by atoms with Crippen molar-refractivity contribution in [2.75, 3.05) is 32.8 Å². The average Bonchev–Trinajstić information content (AvgIpc) is 2.65. The van der Waals surface area contributed by atoms with E-state index in [0.29, 0.717) is 17.9 Å². The number of nitrogens with one attached hydrogen (secondary N) is 1. The fraction of sp³-hybridized carbons (Fsp3) is 0.455. The molecule has 0 saturated heterocycles. The molecular weight excluding hydrogens is 356 g/mol. The molecule has 1 aliphatic rings. The second kappa shape index (κ2) is 8.61. The summed E-state index contributed by atoms with van der Waals surface area (Å²) >= 11 is 0. The summed E-state index contributed by atoms with van der Waals surface area (Å²) in [6, 6.07) is 8.23. The third kappa shape index (κ3) is 5.45. The van der Waals surface area contributed by atoms with Crippen molar-refractivity contribution >= 4 is 16.9 Å². The van der Waals surface area contributed by atoms with Gasteiger partial charge in [-0.2, -0.15) is 0 Å². The van der Waals surface area contributed by atoms with Crippen molar-refractivity contribution < 1.29 is 13.9 Å². The highest BCUT2D eigenvalue weighted by Crippen LogP contribution is 2.29. The van der Waals surface area contributed by atoms with Gasteiger partial charge in [0.15, 0.2) is 6.61 Å². The first-order valence-corrected chi connectivity index (χ1v) is 9.66. The van der Waals surface area contributed by atoms with Gasteiger partial charge in [0.05, 0.1) is 0 Å². The summed E-state index contributed by atoms with van der Waals surface area (Å²) in [4.78, 5) is 25.7. The average molecular weight is 384 g/mol. The first-order valence-electron chi connectivity index (χ1n) is 9.66. The van der Waals surface area contributed by atoms with Crippen molar-refractivity contribution in [3.8, 4) is 5.75 Å². The third-order valence-corrected chi connectivity index (χ3v) is 4.97. The molecule has 0 atom stereocenters.